The van der Waals surface area contributed by atoms with Crippen molar-refractivity contribution in [2.75, 3.05) is 12.4 Å². The molecule has 10 heteroatoms. The van der Waals surface area contributed by atoms with Crippen molar-refractivity contribution in [1.29, 1.82) is 0 Å². The second kappa shape index (κ2) is 8.50. The van der Waals surface area contributed by atoms with Crippen LogP contribution in [-0.4, -0.2) is 26.9 Å². The van der Waals surface area contributed by atoms with E-state index in [9.17, 15) is 14.3 Å². The number of pyridine rings is 1. The Kier molecular flexibility index (Phi) is 5.77. The van der Waals surface area contributed by atoms with Gasteiger partial charge in [0, 0.05) is 17.1 Å². The zero-order chi connectivity index (χ0) is 22.1. The summed E-state index contributed by atoms with van der Waals surface area (Å²) in [7, 11) is 1.32. The van der Waals surface area contributed by atoms with Gasteiger partial charge in [-0.15, -0.1) is 4.73 Å². The molecule has 0 radical (unpaired) electrons. The molecular weight excluding hydrogens is 446 g/mol. The van der Waals surface area contributed by atoms with Crippen molar-refractivity contribution in [3.8, 4) is 11.1 Å². The number of aromatic nitrogens is 3. The van der Waals surface area contributed by atoms with Gasteiger partial charge in [0.05, 0.1) is 27.9 Å². The average Bonchev–Trinajstić information content (AvgIpc) is 2.75. The molecule has 0 saturated carbocycles. The summed E-state index contributed by atoms with van der Waals surface area (Å²) in [6, 6.07) is 10.6. The number of nitrogens with one attached hydrogen (secondary N) is 1. The third-order valence-electron chi connectivity index (χ3n) is 4.58. The van der Waals surface area contributed by atoms with Crippen LogP contribution in [0.3, 0.4) is 0 Å². The number of aliphatic hydroxyl groups is 1. The van der Waals surface area contributed by atoms with Crippen LogP contribution in [0.5, 0.6) is 0 Å². The summed E-state index contributed by atoms with van der Waals surface area (Å²) >= 11 is 12.5. The fourth-order valence-electron chi connectivity index (χ4n) is 3.12. The average molecular weight is 461 g/mol. The van der Waals surface area contributed by atoms with E-state index in [1.54, 1.807) is 24.3 Å². The highest BCUT2D eigenvalue weighted by Gasteiger charge is 2.18. The molecular formula is C21H15Cl2FN4O3. The molecule has 2 aromatic heterocycles. The maximum atomic E-state index is 14.1. The van der Waals surface area contributed by atoms with Gasteiger partial charge in [0.15, 0.2) is 5.65 Å². The van der Waals surface area contributed by atoms with E-state index in [1.807, 2.05) is 0 Å². The van der Waals surface area contributed by atoms with Gasteiger partial charge in [-0.25, -0.2) is 9.37 Å². The number of fused-ring (bicyclic) bond motifs is 1. The van der Waals surface area contributed by atoms with Gasteiger partial charge in [0.2, 0.25) is 5.95 Å². The first-order chi connectivity index (χ1) is 14.9. The fraction of sp³-hybridized carbons (Fsp3) is 0.0952. The molecule has 0 aliphatic rings. The van der Waals surface area contributed by atoms with Crippen LogP contribution in [0, 0.1) is 5.82 Å². The number of halogens is 3. The van der Waals surface area contributed by atoms with E-state index in [0.29, 0.717) is 26.6 Å². The maximum Gasteiger partial charge on any atom is 0.293 e. The first-order valence-electron chi connectivity index (χ1n) is 9.01. The van der Waals surface area contributed by atoms with Gasteiger partial charge in [-0.3, -0.25) is 4.79 Å². The summed E-state index contributed by atoms with van der Waals surface area (Å²) in [5, 5.41) is 13.1. The van der Waals surface area contributed by atoms with E-state index >= 15 is 0 Å². The minimum Gasteiger partial charge on any atom is -0.412 e. The van der Waals surface area contributed by atoms with Crippen LogP contribution in [0.2, 0.25) is 10.0 Å². The zero-order valence-corrected chi connectivity index (χ0v) is 17.6. The summed E-state index contributed by atoms with van der Waals surface area (Å²) in [4.78, 5) is 26.8. The van der Waals surface area contributed by atoms with Gasteiger partial charge < -0.3 is 15.3 Å². The Morgan fingerprint density at radius 2 is 1.94 bits per heavy atom. The van der Waals surface area contributed by atoms with Gasteiger partial charge >= 0.3 is 0 Å². The minimum absolute atomic E-state index is 0.0372. The summed E-state index contributed by atoms with van der Waals surface area (Å²) in [6.45, 7) is -0.246. The van der Waals surface area contributed by atoms with Crippen LogP contribution in [0.25, 0.3) is 22.2 Å². The monoisotopic (exact) mass is 460 g/mol. The molecule has 0 spiro atoms. The number of aliphatic hydroxyl groups excluding tert-OH is 1. The Labute approximate surface area is 185 Å². The first kappa shape index (κ1) is 21.0. The summed E-state index contributed by atoms with van der Waals surface area (Å²) in [5.74, 6) is -0.510. The van der Waals surface area contributed by atoms with Crippen molar-refractivity contribution in [3.05, 3.63) is 80.4 Å². The second-order valence-electron chi connectivity index (χ2n) is 6.51. The van der Waals surface area contributed by atoms with Crippen LogP contribution in [0.1, 0.15) is 5.56 Å². The molecule has 7 nitrogen and oxygen atoms in total. The molecule has 0 atom stereocenters. The van der Waals surface area contributed by atoms with Crippen molar-refractivity contribution < 1.29 is 14.3 Å². The van der Waals surface area contributed by atoms with Crippen molar-refractivity contribution in [2.45, 2.75) is 6.61 Å². The lowest BCUT2D eigenvalue weighted by molar-refractivity contribution is 0.168. The molecule has 0 saturated heterocycles. The SMILES string of the molecule is COn1c(=O)c(-c2c(Cl)cccc2Cl)cc2cnc(Nc3cc(CO)ccc3F)nc21. The van der Waals surface area contributed by atoms with E-state index in [2.05, 4.69) is 15.3 Å². The van der Waals surface area contributed by atoms with Crippen molar-refractivity contribution in [2.24, 2.45) is 0 Å². The predicted octanol–water partition coefficient (Wildman–Crippen LogP) is 4.20. The lowest BCUT2D eigenvalue weighted by Gasteiger charge is -2.13. The lowest BCUT2D eigenvalue weighted by Crippen LogP contribution is -2.27. The van der Waals surface area contributed by atoms with Gasteiger partial charge in [-0.05, 0) is 35.9 Å². The highest BCUT2D eigenvalue weighted by Crippen LogP contribution is 2.33. The molecule has 0 aliphatic carbocycles. The Balaban J connectivity index is 1.85. The standard InChI is InChI=1S/C21H15Cl2FN4O3/c1-31-28-19-12(8-13(20(28)30)18-14(22)3-2-4-15(18)23)9-25-21(27-19)26-17-7-11(10-29)5-6-16(17)24/h2-9,29H,10H2,1H3,(H,25,26,27). The van der Waals surface area contributed by atoms with Crippen LogP contribution in [0.15, 0.2) is 53.5 Å². The molecule has 0 fully saturated rings. The second-order valence-corrected chi connectivity index (χ2v) is 7.32. The lowest BCUT2D eigenvalue weighted by atomic mass is 10.1. The molecule has 2 N–H and O–H groups in total. The van der Waals surface area contributed by atoms with E-state index in [-0.39, 0.29) is 29.5 Å². The number of hydrogen-bond acceptors (Lipinski definition) is 6. The number of hydrogen-bond donors (Lipinski definition) is 2. The van der Waals surface area contributed by atoms with Crippen molar-refractivity contribution in [1.82, 2.24) is 14.7 Å². The molecule has 4 rings (SSSR count). The minimum atomic E-state index is -0.547. The molecule has 4 aromatic rings. The highest BCUT2D eigenvalue weighted by atomic mass is 35.5. The Bertz CT molecular complexity index is 1340. The van der Waals surface area contributed by atoms with Gasteiger partial charge in [0.1, 0.15) is 12.9 Å². The molecule has 31 heavy (non-hydrogen) atoms. The quantitative estimate of drug-likeness (QED) is 0.463. The number of rotatable bonds is 5. The van der Waals surface area contributed by atoms with Crippen LogP contribution in [-0.2, 0) is 6.61 Å². The van der Waals surface area contributed by atoms with E-state index < -0.39 is 11.4 Å². The normalized spacial score (nSPS) is 11.0. The number of anilines is 2. The number of benzene rings is 2. The summed E-state index contributed by atoms with van der Waals surface area (Å²) < 4.78 is 15.1. The third kappa shape index (κ3) is 3.93. The van der Waals surface area contributed by atoms with Gasteiger partial charge in [0.25, 0.3) is 5.56 Å². The van der Waals surface area contributed by atoms with E-state index in [4.69, 9.17) is 28.0 Å². The largest absolute Gasteiger partial charge is 0.412 e. The van der Waals surface area contributed by atoms with Gasteiger partial charge in [-0.2, -0.15) is 4.98 Å². The molecule has 0 unspecified atom stereocenters. The highest BCUT2D eigenvalue weighted by molar-refractivity contribution is 6.39. The smallest absolute Gasteiger partial charge is 0.293 e. The maximum absolute atomic E-state index is 14.1. The Hall–Kier alpha value is -3.20. The van der Waals surface area contributed by atoms with Gasteiger partial charge in [-0.1, -0.05) is 35.3 Å². The number of nitrogens with zero attached hydrogens (tertiary/aromatic N) is 3. The zero-order valence-electron chi connectivity index (χ0n) is 16.1. The third-order valence-corrected chi connectivity index (χ3v) is 5.21. The van der Waals surface area contributed by atoms with Crippen LogP contribution in [0.4, 0.5) is 16.0 Å². The van der Waals surface area contributed by atoms with E-state index in [1.165, 1.54) is 31.5 Å². The fourth-order valence-corrected chi connectivity index (χ4v) is 3.72. The first-order valence-corrected chi connectivity index (χ1v) is 9.76. The Morgan fingerprint density at radius 1 is 1.19 bits per heavy atom. The molecule has 0 aliphatic heterocycles. The summed E-state index contributed by atoms with van der Waals surface area (Å²) in [6.07, 6.45) is 1.46. The molecule has 158 valence electrons. The van der Waals surface area contributed by atoms with Crippen LogP contribution >= 0.6 is 23.2 Å². The summed E-state index contributed by atoms with van der Waals surface area (Å²) in [5.41, 5.74) is 0.819. The molecule has 0 amide bonds. The molecule has 2 aromatic carbocycles. The van der Waals surface area contributed by atoms with Crippen molar-refractivity contribution >= 4 is 45.9 Å². The molecule has 0 bridgehead atoms. The topological polar surface area (TPSA) is 89.3 Å². The predicted molar refractivity (Wildman–Crippen MR) is 117 cm³/mol. The molecule has 2 heterocycles. The Morgan fingerprint density at radius 3 is 2.61 bits per heavy atom. The van der Waals surface area contributed by atoms with E-state index in [0.717, 1.165) is 4.73 Å². The van der Waals surface area contributed by atoms with Crippen LogP contribution < -0.4 is 15.7 Å². The van der Waals surface area contributed by atoms with Crippen molar-refractivity contribution in [3.63, 3.8) is 0 Å².